The summed E-state index contributed by atoms with van der Waals surface area (Å²) in [6, 6.07) is 42.2. The summed E-state index contributed by atoms with van der Waals surface area (Å²) < 4.78 is 2.42. The number of rotatable bonds is 1. The Bertz CT molecular complexity index is 2000. The van der Waals surface area contributed by atoms with E-state index in [1.807, 2.05) is 0 Å². The summed E-state index contributed by atoms with van der Waals surface area (Å²) in [4.78, 5) is 0. The van der Waals surface area contributed by atoms with E-state index in [0.29, 0.717) is 0 Å². The van der Waals surface area contributed by atoms with Gasteiger partial charge in [0, 0.05) is 16.5 Å². The number of nitrogens with zero attached hydrogens (tertiary/aromatic N) is 1. The van der Waals surface area contributed by atoms with Gasteiger partial charge < -0.3 is 4.57 Å². The van der Waals surface area contributed by atoms with E-state index in [-0.39, 0.29) is 0 Å². The highest BCUT2D eigenvalue weighted by Crippen LogP contribution is 2.45. The van der Waals surface area contributed by atoms with E-state index in [4.69, 9.17) is 0 Å². The Morgan fingerprint density at radius 2 is 0.970 bits per heavy atom. The summed E-state index contributed by atoms with van der Waals surface area (Å²) in [7, 11) is 0. The van der Waals surface area contributed by atoms with E-state index in [9.17, 15) is 0 Å². The van der Waals surface area contributed by atoms with Crippen molar-refractivity contribution in [2.45, 2.75) is 0 Å². The molecule has 33 heavy (non-hydrogen) atoms. The number of hydrogen-bond acceptors (Lipinski definition) is 0. The van der Waals surface area contributed by atoms with Gasteiger partial charge in [0.05, 0.1) is 11.0 Å². The molecule has 0 saturated heterocycles. The molecule has 0 atom stereocenters. The third-order valence-electron chi connectivity index (χ3n) is 7.29. The van der Waals surface area contributed by atoms with Crippen LogP contribution in [0.3, 0.4) is 0 Å². The van der Waals surface area contributed by atoms with Crippen molar-refractivity contribution in [3.63, 3.8) is 0 Å². The first-order valence-corrected chi connectivity index (χ1v) is 11.5. The van der Waals surface area contributed by atoms with Crippen molar-refractivity contribution in [2.24, 2.45) is 0 Å². The van der Waals surface area contributed by atoms with Crippen LogP contribution in [0, 0.1) is 0 Å². The molecular formula is C32H19N. The molecule has 1 nitrogen and oxygen atoms in total. The van der Waals surface area contributed by atoms with E-state index in [1.165, 1.54) is 70.6 Å². The van der Waals surface area contributed by atoms with Gasteiger partial charge in [0.2, 0.25) is 0 Å². The highest BCUT2D eigenvalue weighted by Gasteiger charge is 2.19. The number of benzene rings is 7. The van der Waals surface area contributed by atoms with Crippen LogP contribution in [-0.2, 0) is 0 Å². The fourth-order valence-corrected chi connectivity index (χ4v) is 6.02. The molecular weight excluding hydrogens is 398 g/mol. The lowest BCUT2D eigenvalue weighted by molar-refractivity contribution is 1.18. The number of para-hydroxylation sites is 2. The quantitative estimate of drug-likeness (QED) is 0.186. The first-order valence-electron chi connectivity index (χ1n) is 11.5. The van der Waals surface area contributed by atoms with Gasteiger partial charge in [-0.2, -0.15) is 0 Å². The zero-order chi connectivity index (χ0) is 21.5. The van der Waals surface area contributed by atoms with E-state index >= 15 is 0 Å². The average Bonchev–Trinajstić information content (AvgIpc) is 3.22. The van der Waals surface area contributed by atoms with Crippen molar-refractivity contribution in [1.82, 2.24) is 4.57 Å². The van der Waals surface area contributed by atoms with Crippen LogP contribution in [0.25, 0.3) is 70.6 Å². The van der Waals surface area contributed by atoms with Crippen LogP contribution in [0.1, 0.15) is 0 Å². The zero-order valence-electron chi connectivity index (χ0n) is 17.9. The van der Waals surface area contributed by atoms with Crippen molar-refractivity contribution >= 4 is 64.9 Å². The predicted octanol–water partition coefficient (Wildman–Crippen LogP) is 8.83. The molecule has 0 aliphatic carbocycles. The summed E-state index contributed by atoms with van der Waals surface area (Å²) in [5.41, 5.74) is 3.71. The van der Waals surface area contributed by atoms with E-state index in [2.05, 4.69) is 120 Å². The molecule has 7 aromatic carbocycles. The molecule has 0 unspecified atom stereocenters. The summed E-state index contributed by atoms with van der Waals surface area (Å²) in [6.45, 7) is 0. The third kappa shape index (κ3) is 2.12. The maximum Gasteiger partial charge on any atom is 0.0553 e. The fourth-order valence-electron chi connectivity index (χ4n) is 6.02. The molecule has 0 aliphatic heterocycles. The lowest BCUT2D eigenvalue weighted by Crippen LogP contribution is -1.94. The second-order valence-electron chi connectivity index (χ2n) is 8.94. The Morgan fingerprint density at radius 3 is 1.79 bits per heavy atom. The topological polar surface area (TPSA) is 4.93 Å². The zero-order valence-corrected chi connectivity index (χ0v) is 17.9. The van der Waals surface area contributed by atoms with Gasteiger partial charge in [-0.25, -0.2) is 0 Å². The van der Waals surface area contributed by atoms with E-state index in [0.717, 1.165) is 0 Å². The molecule has 1 heteroatoms. The molecule has 1 aromatic heterocycles. The Hall–Kier alpha value is -4.36. The highest BCUT2D eigenvalue weighted by atomic mass is 15.0. The Labute approximate surface area is 190 Å². The lowest BCUT2D eigenvalue weighted by atomic mass is 9.88. The fraction of sp³-hybridized carbons (Fsp3) is 0. The van der Waals surface area contributed by atoms with Gasteiger partial charge in [0.1, 0.15) is 0 Å². The maximum atomic E-state index is 2.43. The number of hydrogen-bond donors (Lipinski definition) is 0. The van der Waals surface area contributed by atoms with E-state index < -0.39 is 0 Å². The van der Waals surface area contributed by atoms with Gasteiger partial charge in [-0.05, 0) is 67.4 Å². The molecule has 0 amide bonds. The molecule has 152 valence electrons. The van der Waals surface area contributed by atoms with Gasteiger partial charge >= 0.3 is 0 Å². The average molecular weight is 418 g/mol. The first kappa shape index (κ1) is 17.2. The summed E-state index contributed by atoms with van der Waals surface area (Å²) in [6.07, 6.45) is 0. The Balaban J connectivity index is 1.74. The number of aromatic nitrogens is 1. The van der Waals surface area contributed by atoms with Gasteiger partial charge in [-0.3, -0.25) is 0 Å². The molecule has 0 saturated carbocycles. The maximum absolute atomic E-state index is 2.43. The normalized spacial score (nSPS) is 12.2. The minimum atomic E-state index is 1.20. The largest absolute Gasteiger partial charge is 0.309 e. The van der Waals surface area contributed by atoms with Gasteiger partial charge in [-0.15, -0.1) is 0 Å². The molecule has 0 radical (unpaired) electrons. The number of fused-ring (bicyclic) bond motifs is 6. The van der Waals surface area contributed by atoms with Crippen LogP contribution < -0.4 is 0 Å². The first-order chi connectivity index (χ1) is 16.4. The Morgan fingerprint density at radius 1 is 0.364 bits per heavy atom. The van der Waals surface area contributed by atoms with Gasteiger partial charge in [0.15, 0.2) is 0 Å². The standard InChI is InChI=1S/C32H19N/c1-2-11-21(12-3-1)33-28-18-5-4-13-25(28)32-26-17-8-16-23-22-14-6-9-20-10-7-15-24(30(20)22)27(31(23)26)19-29(32)33/h1-19H. The van der Waals surface area contributed by atoms with Crippen LogP contribution in [0.2, 0.25) is 0 Å². The molecule has 0 N–H and O–H groups in total. The summed E-state index contributed by atoms with van der Waals surface area (Å²) >= 11 is 0. The molecule has 0 fully saturated rings. The summed E-state index contributed by atoms with van der Waals surface area (Å²) in [5.74, 6) is 0. The Kier molecular flexibility index (Phi) is 3.19. The molecule has 0 bridgehead atoms. The van der Waals surface area contributed by atoms with Crippen molar-refractivity contribution in [1.29, 1.82) is 0 Å². The van der Waals surface area contributed by atoms with Gasteiger partial charge in [0.25, 0.3) is 0 Å². The molecule has 0 spiro atoms. The second kappa shape index (κ2) is 6.11. The summed E-state index contributed by atoms with van der Waals surface area (Å²) in [5, 5.41) is 13.3. The molecule has 0 aliphatic rings. The third-order valence-corrected chi connectivity index (χ3v) is 7.29. The van der Waals surface area contributed by atoms with Crippen LogP contribution in [0.15, 0.2) is 115 Å². The van der Waals surface area contributed by atoms with Crippen molar-refractivity contribution in [3.8, 4) is 5.69 Å². The van der Waals surface area contributed by atoms with Crippen LogP contribution in [0.4, 0.5) is 0 Å². The van der Waals surface area contributed by atoms with Crippen molar-refractivity contribution in [3.05, 3.63) is 115 Å². The minimum absolute atomic E-state index is 1.20. The molecule has 8 rings (SSSR count). The second-order valence-corrected chi connectivity index (χ2v) is 8.94. The molecule has 8 aromatic rings. The van der Waals surface area contributed by atoms with Crippen LogP contribution in [-0.4, -0.2) is 4.57 Å². The monoisotopic (exact) mass is 417 g/mol. The highest BCUT2D eigenvalue weighted by molar-refractivity contribution is 6.38. The van der Waals surface area contributed by atoms with E-state index in [1.54, 1.807) is 0 Å². The van der Waals surface area contributed by atoms with Gasteiger partial charge in [-0.1, -0.05) is 91.0 Å². The minimum Gasteiger partial charge on any atom is -0.309 e. The smallest absolute Gasteiger partial charge is 0.0553 e. The van der Waals surface area contributed by atoms with Crippen molar-refractivity contribution < 1.29 is 0 Å². The van der Waals surface area contributed by atoms with Crippen LogP contribution in [0.5, 0.6) is 0 Å². The molecule has 1 heterocycles. The van der Waals surface area contributed by atoms with Crippen LogP contribution >= 0.6 is 0 Å². The lowest BCUT2D eigenvalue weighted by Gasteiger charge is -2.16. The predicted molar refractivity (Wildman–Crippen MR) is 142 cm³/mol. The van der Waals surface area contributed by atoms with Crippen molar-refractivity contribution in [2.75, 3.05) is 0 Å². The SMILES string of the molecule is c1ccc(-n2c3ccccc3c3c4cccc5c6cccc7cccc(c(cc32)c54)c76)cc1.